The molecule has 1 saturated carbocycles. The number of carboxylic acids is 1. The van der Waals surface area contributed by atoms with Gasteiger partial charge >= 0.3 is 5.97 Å². The van der Waals surface area contributed by atoms with Crippen molar-refractivity contribution in [1.82, 2.24) is 0 Å². The Hall–Kier alpha value is -1.31. The number of hydrogen-bond donors (Lipinski definition) is 1. The second-order valence-corrected chi connectivity index (χ2v) is 6.13. The fraction of sp³-hybridized carbons (Fsp3) is 0.588. The summed E-state index contributed by atoms with van der Waals surface area (Å²) in [6.45, 7) is 0. The van der Waals surface area contributed by atoms with Crippen LogP contribution in [-0.2, 0) is 11.2 Å². The number of aryl methyl sites for hydroxylation is 1. The summed E-state index contributed by atoms with van der Waals surface area (Å²) in [5, 5.41) is 8.96. The standard InChI is InChI=1S/C17H22O2/c18-17(19)11-15-7-6-14-10-13(8-9-16(14)15)12-4-2-1-3-5-12/h8-10,12,15H,1-7,11H2,(H,18,19). The SMILES string of the molecule is O=C(O)CC1CCc2cc(C3CCCCC3)ccc21. The minimum absolute atomic E-state index is 0.243. The predicted molar refractivity (Wildman–Crippen MR) is 75.6 cm³/mol. The van der Waals surface area contributed by atoms with Gasteiger partial charge in [0.05, 0.1) is 6.42 Å². The van der Waals surface area contributed by atoms with Crippen molar-refractivity contribution in [3.8, 4) is 0 Å². The molecule has 3 rings (SSSR count). The molecule has 2 nitrogen and oxygen atoms in total. The predicted octanol–water partition coefficient (Wildman–Crippen LogP) is 4.24. The minimum Gasteiger partial charge on any atom is -0.481 e. The molecule has 1 atom stereocenters. The van der Waals surface area contributed by atoms with E-state index in [4.69, 9.17) is 5.11 Å². The van der Waals surface area contributed by atoms with Gasteiger partial charge in [0.2, 0.25) is 0 Å². The molecule has 0 saturated heterocycles. The third-order valence-corrected chi connectivity index (χ3v) is 4.87. The highest BCUT2D eigenvalue weighted by Gasteiger charge is 2.26. The molecular formula is C17H22O2. The van der Waals surface area contributed by atoms with E-state index >= 15 is 0 Å². The lowest BCUT2D eigenvalue weighted by Gasteiger charge is -2.22. The first-order chi connectivity index (χ1) is 9.24. The molecular weight excluding hydrogens is 236 g/mol. The molecule has 1 aromatic carbocycles. The van der Waals surface area contributed by atoms with Gasteiger partial charge in [-0.15, -0.1) is 0 Å². The normalized spacial score (nSPS) is 23.3. The monoisotopic (exact) mass is 258 g/mol. The maximum absolute atomic E-state index is 10.9. The van der Waals surface area contributed by atoms with Crippen molar-refractivity contribution in [1.29, 1.82) is 0 Å². The molecule has 0 radical (unpaired) electrons. The highest BCUT2D eigenvalue weighted by atomic mass is 16.4. The Bertz CT molecular complexity index is 472. The number of rotatable bonds is 3. The third-order valence-electron chi connectivity index (χ3n) is 4.87. The quantitative estimate of drug-likeness (QED) is 0.880. The summed E-state index contributed by atoms with van der Waals surface area (Å²) in [6.07, 6.45) is 9.14. The lowest BCUT2D eigenvalue weighted by Crippen LogP contribution is -2.06. The summed E-state index contributed by atoms with van der Waals surface area (Å²) in [5.41, 5.74) is 4.20. The van der Waals surface area contributed by atoms with Crippen molar-refractivity contribution in [2.24, 2.45) is 0 Å². The minimum atomic E-state index is -0.672. The molecule has 2 aliphatic rings. The molecule has 19 heavy (non-hydrogen) atoms. The Kier molecular flexibility index (Phi) is 3.58. The second-order valence-electron chi connectivity index (χ2n) is 6.13. The fourth-order valence-corrected chi connectivity index (χ4v) is 3.84. The van der Waals surface area contributed by atoms with Gasteiger partial charge in [-0.25, -0.2) is 0 Å². The Morgan fingerprint density at radius 3 is 2.68 bits per heavy atom. The van der Waals surface area contributed by atoms with Gasteiger partial charge in [0.25, 0.3) is 0 Å². The first kappa shape index (κ1) is 12.7. The number of carbonyl (C=O) groups is 1. The highest BCUT2D eigenvalue weighted by molar-refractivity contribution is 5.68. The van der Waals surface area contributed by atoms with Crippen molar-refractivity contribution in [3.05, 3.63) is 34.9 Å². The first-order valence-electron chi connectivity index (χ1n) is 7.58. The van der Waals surface area contributed by atoms with Gasteiger partial charge in [0.15, 0.2) is 0 Å². The smallest absolute Gasteiger partial charge is 0.303 e. The molecule has 102 valence electrons. The van der Waals surface area contributed by atoms with Crippen molar-refractivity contribution in [2.75, 3.05) is 0 Å². The Labute approximate surface area is 114 Å². The average Bonchev–Trinajstić information content (AvgIpc) is 2.81. The zero-order valence-corrected chi connectivity index (χ0v) is 11.4. The van der Waals surface area contributed by atoms with Crippen molar-refractivity contribution < 1.29 is 9.90 Å². The molecule has 0 bridgehead atoms. The molecule has 0 heterocycles. The summed E-state index contributed by atoms with van der Waals surface area (Å²) < 4.78 is 0. The van der Waals surface area contributed by atoms with Gasteiger partial charge in [0, 0.05) is 0 Å². The lowest BCUT2D eigenvalue weighted by molar-refractivity contribution is -0.137. The van der Waals surface area contributed by atoms with E-state index in [0.29, 0.717) is 0 Å². The van der Waals surface area contributed by atoms with E-state index in [1.807, 2.05) is 0 Å². The van der Waals surface area contributed by atoms with Crippen LogP contribution in [0.5, 0.6) is 0 Å². The zero-order chi connectivity index (χ0) is 13.2. The Balaban J connectivity index is 1.79. The molecule has 0 aliphatic heterocycles. The lowest BCUT2D eigenvalue weighted by atomic mass is 9.83. The molecule has 2 heteroatoms. The number of aliphatic carboxylic acids is 1. The summed E-state index contributed by atoms with van der Waals surface area (Å²) in [6, 6.07) is 6.84. The van der Waals surface area contributed by atoms with E-state index in [2.05, 4.69) is 18.2 Å². The number of carboxylic acid groups (broad SMARTS) is 1. The Morgan fingerprint density at radius 1 is 1.16 bits per heavy atom. The van der Waals surface area contributed by atoms with Gasteiger partial charge in [0.1, 0.15) is 0 Å². The van der Waals surface area contributed by atoms with E-state index in [1.54, 1.807) is 0 Å². The molecule has 1 N–H and O–H groups in total. The van der Waals surface area contributed by atoms with E-state index in [0.717, 1.165) is 18.8 Å². The zero-order valence-electron chi connectivity index (χ0n) is 11.4. The molecule has 1 unspecified atom stereocenters. The van der Waals surface area contributed by atoms with Crippen LogP contribution in [0, 0.1) is 0 Å². The summed E-state index contributed by atoms with van der Waals surface area (Å²) in [4.78, 5) is 10.9. The van der Waals surface area contributed by atoms with Crippen LogP contribution >= 0.6 is 0 Å². The third kappa shape index (κ3) is 2.68. The van der Waals surface area contributed by atoms with Crippen LogP contribution in [0.15, 0.2) is 18.2 Å². The second kappa shape index (κ2) is 5.36. The Morgan fingerprint density at radius 2 is 1.95 bits per heavy atom. The molecule has 2 aliphatic carbocycles. The largest absolute Gasteiger partial charge is 0.481 e. The van der Waals surface area contributed by atoms with E-state index in [1.165, 1.54) is 48.8 Å². The van der Waals surface area contributed by atoms with Gasteiger partial charge in [-0.2, -0.15) is 0 Å². The number of fused-ring (bicyclic) bond motifs is 1. The average molecular weight is 258 g/mol. The van der Waals surface area contributed by atoms with E-state index in [9.17, 15) is 4.79 Å². The van der Waals surface area contributed by atoms with Crippen molar-refractivity contribution in [3.63, 3.8) is 0 Å². The van der Waals surface area contributed by atoms with E-state index < -0.39 is 5.97 Å². The topological polar surface area (TPSA) is 37.3 Å². The fourth-order valence-electron chi connectivity index (χ4n) is 3.84. The van der Waals surface area contributed by atoms with Gasteiger partial charge in [-0.1, -0.05) is 37.5 Å². The highest BCUT2D eigenvalue weighted by Crippen LogP contribution is 2.39. The van der Waals surface area contributed by atoms with Crippen LogP contribution in [0.25, 0.3) is 0 Å². The summed E-state index contributed by atoms with van der Waals surface area (Å²) >= 11 is 0. The maximum Gasteiger partial charge on any atom is 0.303 e. The number of benzene rings is 1. The van der Waals surface area contributed by atoms with Gasteiger partial charge in [-0.3, -0.25) is 4.79 Å². The summed E-state index contributed by atoms with van der Waals surface area (Å²) in [7, 11) is 0. The molecule has 1 aromatic rings. The van der Waals surface area contributed by atoms with Crippen LogP contribution in [0.1, 0.15) is 73.5 Å². The van der Waals surface area contributed by atoms with Crippen LogP contribution < -0.4 is 0 Å². The van der Waals surface area contributed by atoms with Crippen molar-refractivity contribution in [2.45, 2.75) is 63.2 Å². The van der Waals surface area contributed by atoms with Crippen LogP contribution in [-0.4, -0.2) is 11.1 Å². The van der Waals surface area contributed by atoms with Crippen LogP contribution in [0.2, 0.25) is 0 Å². The van der Waals surface area contributed by atoms with Crippen molar-refractivity contribution >= 4 is 5.97 Å². The van der Waals surface area contributed by atoms with E-state index in [-0.39, 0.29) is 12.3 Å². The molecule has 0 spiro atoms. The molecule has 1 fully saturated rings. The van der Waals surface area contributed by atoms with Gasteiger partial charge < -0.3 is 5.11 Å². The molecule has 0 amide bonds. The first-order valence-corrected chi connectivity index (χ1v) is 7.58. The maximum atomic E-state index is 10.9. The summed E-state index contributed by atoms with van der Waals surface area (Å²) in [5.74, 6) is 0.319. The van der Waals surface area contributed by atoms with Crippen LogP contribution in [0.3, 0.4) is 0 Å². The number of hydrogen-bond acceptors (Lipinski definition) is 1. The van der Waals surface area contributed by atoms with Crippen LogP contribution in [0.4, 0.5) is 0 Å². The molecule has 0 aromatic heterocycles. The van der Waals surface area contributed by atoms with Gasteiger partial charge in [-0.05, 0) is 54.2 Å².